The summed E-state index contributed by atoms with van der Waals surface area (Å²) >= 11 is 0. The molecule has 2 nitrogen and oxygen atoms in total. The number of piperazine rings is 1. The molecule has 1 aliphatic heterocycles. The second kappa shape index (κ2) is 7.72. The van der Waals surface area contributed by atoms with E-state index >= 15 is 0 Å². The van der Waals surface area contributed by atoms with Crippen LogP contribution >= 0.6 is 12.4 Å². The predicted octanol–water partition coefficient (Wildman–Crippen LogP) is 2.99. The van der Waals surface area contributed by atoms with Crippen LogP contribution in [0.15, 0.2) is 24.3 Å². The Labute approximate surface area is 115 Å². The van der Waals surface area contributed by atoms with E-state index in [2.05, 4.69) is 17.1 Å². The van der Waals surface area contributed by atoms with Crippen LogP contribution in [0.25, 0.3) is 0 Å². The summed E-state index contributed by atoms with van der Waals surface area (Å²) in [6.07, 6.45) is 2.11. The van der Waals surface area contributed by atoms with Gasteiger partial charge >= 0.3 is 0 Å². The van der Waals surface area contributed by atoms with E-state index in [4.69, 9.17) is 0 Å². The van der Waals surface area contributed by atoms with Crippen LogP contribution in [0.1, 0.15) is 31.4 Å². The lowest BCUT2D eigenvalue weighted by molar-refractivity contribution is 0.161. The van der Waals surface area contributed by atoms with Gasteiger partial charge in [0.1, 0.15) is 5.82 Å². The maximum absolute atomic E-state index is 13.9. The maximum Gasteiger partial charge on any atom is 0.127 e. The number of hydrogen-bond donors (Lipinski definition) is 1. The molecule has 1 atom stereocenters. The summed E-state index contributed by atoms with van der Waals surface area (Å²) in [6, 6.07) is 7.43. The predicted molar refractivity (Wildman–Crippen MR) is 75.7 cm³/mol. The first-order valence-electron chi connectivity index (χ1n) is 6.52. The van der Waals surface area contributed by atoms with E-state index in [9.17, 15) is 4.39 Å². The van der Waals surface area contributed by atoms with Crippen LogP contribution in [0.3, 0.4) is 0 Å². The second-order valence-electron chi connectivity index (χ2n) is 4.61. The van der Waals surface area contributed by atoms with Gasteiger partial charge in [0.25, 0.3) is 0 Å². The molecule has 1 saturated heterocycles. The van der Waals surface area contributed by atoms with Crippen molar-refractivity contribution in [3.05, 3.63) is 35.6 Å². The fourth-order valence-electron chi connectivity index (χ4n) is 2.55. The molecule has 1 heterocycles. The fraction of sp³-hybridized carbons (Fsp3) is 0.571. The van der Waals surface area contributed by atoms with E-state index in [0.717, 1.165) is 44.6 Å². The Hall–Kier alpha value is -0.640. The smallest absolute Gasteiger partial charge is 0.127 e. The number of halogens is 2. The van der Waals surface area contributed by atoms with Crippen molar-refractivity contribution in [3.8, 4) is 0 Å². The molecule has 0 unspecified atom stereocenters. The zero-order chi connectivity index (χ0) is 12.1. The molecule has 0 spiro atoms. The molecule has 0 saturated carbocycles. The van der Waals surface area contributed by atoms with Crippen LogP contribution in [0.4, 0.5) is 4.39 Å². The molecule has 0 aromatic heterocycles. The molecule has 102 valence electrons. The van der Waals surface area contributed by atoms with Gasteiger partial charge in [-0.1, -0.05) is 31.5 Å². The monoisotopic (exact) mass is 272 g/mol. The molecule has 18 heavy (non-hydrogen) atoms. The molecule has 4 heteroatoms. The minimum atomic E-state index is -0.0653. The maximum atomic E-state index is 13.9. The zero-order valence-electron chi connectivity index (χ0n) is 10.9. The Kier molecular flexibility index (Phi) is 6.61. The molecule has 1 fully saturated rings. The lowest BCUT2D eigenvalue weighted by atomic mass is 9.99. The summed E-state index contributed by atoms with van der Waals surface area (Å²) < 4.78 is 13.9. The quantitative estimate of drug-likeness (QED) is 0.907. The van der Waals surface area contributed by atoms with Gasteiger partial charge < -0.3 is 5.32 Å². The van der Waals surface area contributed by atoms with Crippen LogP contribution < -0.4 is 5.32 Å². The van der Waals surface area contributed by atoms with E-state index in [1.807, 2.05) is 12.1 Å². The summed E-state index contributed by atoms with van der Waals surface area (Å²) in [4.78, 5) is 2.40. The number of nitrogens with zero attached hydrogens (tertiary/aromatic N) is 1. The summed E-state index contributed by atoms with van der Waals surface area (Å²) in [5.41, 5.74) is 0.858. The van der Waals surface area contributed by atoms with E-state index in [0.29, 0.717) is 0 Å². The summed E-state index contributed by atoms with van der Waals surface area (Å²) in [6.45, 7) is 6.21. The third kappa shape index (κ3) is 3.67. The van der Waals surface area contributed by atoms with E-state index in [1.54, 1.807) is 12.1 Å². The van der Waals surface area contributed by atoms with E-state index in [1.165, 1.54) is 0 Å². The Balaban J connectivity index is 0.00000162. The standard InChI is InChI=1S/C14H21FN2.ClH/c1-2-5-14(17-10-8-16-9-11-17)12-6-3-4-7-13(12)15;/h3-4,6-7,14,16H,2,5,8-11H2,1H3;1H/t14-;/m1./s1. The van der Waals surface area contributed by atoms with Crippen LogP contribution in [0.5, 0.6) is 0 Å². The SMILES string of the molecule is CCC[C@H](c1ccccc1F)N1CCNCC1.Cl. The molecule has 1 aromatic carbocycles. The average molecular weight is 273 g/mol. The first-order valence-corrected chi connectivity index (χ1v) is 6.52. The minimum Gasteiger partial charge on any atom is -0.314 e. The molecule has 0 aliphatic carbocycles. The Morgan fingerprint density at radius 3 is 2.56 bits per heavy atom. The molecular weight excluding hydrogens is 251 g/mol. The third-order valence-corrected chi connectivity index (χ3v) is 3.42. The molecule has 2 rings (SSSR count). The highest BCUT2D eigenvalue weighted by atomic mass is 35.5. The normalized spacial score (nSPS) is 18.1. The van der Waals surface area contributed by atoms with Gasteiger partial charge in [0.2, 0.25) is 0 Å². The minimum absolute atomic E-state index is 0. The molecular formula is C14H22ClFN2. The highest BCUT2D eigenvalue weighted by molar-refractivity contribution is 5.85. The molecule has 0 bridgehead atoms. The molecule has 0 amide bonds. The van der Waals surface area contributed by atoms with Crippen LogP contribution in [-0.2, 0) is 0 Å². The summed E-state index contributed by atoms with van der Waals surface area (Å²) in [5, 5.41) is 3.34. The van der Waals surface area contributed by atoms with Crippen molar-refractivity contribution in [2.24, 2.45) is 0 Å². The van der Waals surface area contributed by atoms with Gasteiger partial charge in [-0.25, -0.2) is 4.39 Å². The van der Waals surface area contributed by atoms with Gasteiger partial charge in [-0.05, 0) is 12.5 Å². The highest BCUT2D eigenvalue weighted by Crippen LogP contribution is 2.27. The van der Waals surface area contributed by atoms with Crippen LogP contribution in [-0.4, -0.2) is 31.1 Å². The average Bonchev–Trinajstić information content (AvgIpc) is 2.38. The van der Waals surface area contributed by atoms with E-state index < -0.39 is 0 Å². The largest absolute Gasteiger partial charge is 0.314 e. The third-order valence-electron chi connectivity index (χ3n) is 3.42. The Morgan fingerprint density at radius 2 is 1.94 bits per heavy atom. The van der Waals surface area contributed by atoms with Crippen molar-refractivity contribution in [2.45, 2.75) is 25.8 Å². The second-order valence-corrected chi connectivity index (χ2v) is 4.61. The van der Waals surface area contributed by atoms with Gasteiger partial charge in [0.05, 0.1) is 0 Å². The van der Waals surface area contributed by atoms with Gasteiger partial charge in [0.15, 0.2) is 0 Å². The van der Waals surface area contributed by atoms with Gasteiger partial charge in [0, 0.05) is 37.8 Å². The first-order chi connectivity index (χ1) is 8.33. The Bertz CT molecular complexity index is 353. The number of rotatable bonds is 4. The van der Waals surface area contributed by atoms with Crippen molar-refractivity contribution < 1.29 is 4.39 Å². The van der Waals surface area contributed by atoms with Crippen LogP contribution in [0, 0.1) is 5.82 Å². The van der Waals surface area contributed by atoms with Gasteiger partial charge in [-0.2, -0.15) is 0 Å². The van der Waals surface area contributed by atoms with Crippen molar-refractivity contribution in [2.75, 3.05) is 26.2 Å². The highest BCUT2D eigenvalue weighted by Gasteiger charge is 2.23. The number of nitrogens with one attached hydrogen (secondary N) is 1. The topological polar surface area (TPSA) is 15.3 Å². The lowest BCUT2D eigenvalue weighted by Crippen LogP contribution is -2.45. The molecule has 0 radical (unpaired) electrons. The van der Waals surface area contributed by atoms with Gasteiger partial charge in [-0.3, -0.25) is 4.90 Å². The molecule has 1 N–H and O–H groups in total. The zero-order valence-corrected chi connectivity index (χ0v) is 11.7. The van der Waals surface area contributed by atoms with Crippen molar-refractivity contribution in [3.63, 3.8) is 0 Å². The summed E-state index contributed by atoms with van der Waals surface area (Å²) in [7, 11) is 0. The Morgan fingerprint density at radius 1 is 1.28 bits per heavy atom. The summed E-state index contributed by atoms with van der Waals surface area (Å²) in [5.74, 6) is -0.0653. The van der Waals surface area contributed by atoms with Crippen LogP contribution in [0.2, 0.25) is 0 Å². The molecule has 1 aromatic rings. The van der Waals surface area contributed by atoms with Crippen molar-refractivity contribution in [1.29, 1.82) is 0 Å². The van der Waals surface area contributed by atoms with Gasteiger partial charge in [-0.15, -0.1) is 12.4 Å². The van der Waals surface area contributed by atoms with Crippen molar-refractivity contribution in [1.82, 2.24) is 10.2 Å². The molecule has 1 aliphatic rings. The lowest BCUT2D eigenvalue weighted by Gasteiger charge is -2.35. The number of benzene rings is 1. The fourth-order valence-corrected chi connectivity index (χ4v) is 2.55. The first kappa shape index (κ1) is 15.4. The number of hydrogen-bond acceptors (Lipinski definition) is 2. The van der Waals surface area contributed by atoms with Crippen molar-refractivity contribution >= 4 is 12.4 Å². The van der Waals surface area contributed by atoms with E-state index in [-0.39, 0.29) is 24.3 Å².